The van der Waals surface area contributed by atoms with Crippen LogP contribution in [0.4, 0.5) is 4.79 Å². The lowest BCUT2D eigenvalue weighted by molar-refractivity contribution is -0.141. The molecule has 2 fully saturated rings. The Labute approximate surface area is 188 Å². The number of likely N-dealkylation sites (tertiary alicyclic amines) is 1. The van der Waals surface area contributed by atoms with Gasteiger partial charge in [0.15, 0.2) is 0 Å². The van der Waals surface area contributed by atoms with Gasteiger partial charge in [0.05, 0.1) is 13.5 Å². The standard InChI is InChI=1S/C21H34N4O7/c1-21(2,3)32-20(30)25-13-11-23(12-14-25)17(27)6-5-16(26)22-15-7-9-24(19(15)29)10-8-18(28)31-4/h15H,5-14H2,1-4H3,(H,22,26). The minimum Gasteiger partial charge on any atom is -0.469 e. The Hall–Kier alpha value is -2.85. The van der Waals surface area contributed by atoms with Gasteiger partial charge in [-0.15, -0.1) is 0 Å². The number of carbonyl (C=O) groups is 5. The highest BCUT2D eigenvalue weighted by Gasteiger charge is 2.33. The number of ether oxygens (including phenoxy) is 2. The summed E-state index contributed by atoms with van der Waals surface area (Å²) in [6.07, 6.45) is 0.193. The maximum atomic E-state index is 12.4. The van der Waals surface area contributed by atoms with Crippen LogP contribution in [0.2, 0.25) is 0 Å². The molecule has 0 radical (unpaired) electrons. The van der Waals surface area contributed by atoms with Crippen molar-refractivity contribution < 1.29 is 33.4 Å². The molecule has 32 heavy (non-hydrogen) atoms. The van der Waals surface area contributed by atoms with Crippen molar-refractivity contribution >= 4 is 29.8 Å². The van der Waals surface area contributed by atoms with E-state index in [0.717, 1.165) is 0 Å². The predicted octanol–water partition coefficient (Wildman–Crippen LogP) is 0.126. The molecule has 1 atom stereocenters. The Morgan fingerprint density at radius 3 is 2.19 bits per heavy atom. The van der Waals surface area contributed by atoms with Crippen LogP contribution in [0.1, 0.15) is 46.5 Å². The van der Waals surface area contributed by atoms with Crippen LogP contribution in [-0.4, -0.2) is 103 Å². The van der Waals surface area contributed by atoms with Crippen LogP contribution in [0, 0.1) is 0 Å². The summed E-state index contributed by atoms with van der Waals surface area (Å²) in [5.74, 6) is -1.15. The maximum absolute atomic E-state index is 12.4. The lowest BCUT2D eigenvalue weighted by atomic mass is 10.2. The second-order valence-corrected chi connectivity index (χ2v) is 8.91. The van der Waals surface area contributed by atoms with Crippen LogP contribution in [0.5, 0.6) is 0 Å². The van der Waals surface area contributed by atoms with Gasteiger partial charge in [-0.1, -0.05) is 0 Å². The molecule has 0 aromatic heterocycles. The Morgan fingerprint density at radius 1 is 0.969 bits per heavy atom. The zero-order valence-electron chi connectivity index (χ0n) is 19.3. The van der Waals surface area contributed by atoms with Gasteiger partial charge in [-0.2, -0.15) is 0 Å². The number of nitrogens with zero attached hydrogens (tertiary/aromatic N) is 3. The molecule has 180 valence electrons. The molecular formula is C21H34N4O7. The second kappa shape index (κ2) is 11.1. The Balaban J connectivity index is 1.68. The number of carbonyl (C=O) groups excluding carboxylic acids is 5. The molecule has 2 saturated heterocycles. The number of amides is 4. The minimum absolute atomic E-state index is 0.0168. The lowest BCUT2D eigenvalue weighted by Gasteiger charge is -2.35. The van der Waals surface area contributed by atoms with E-state index in [1.807, 2.05) is 0 Å². The van der Waals surface area contributed by atoms with Crippen molar-refractivity contribution in [2.75, 3.05) is 46.4 Å². The summed E-state index contributed by atoms with van der Waals surface area (Å²) in [6, 6.07) is -0.632. The highest BCUT2D eigenvalue weighted by molar-refractivity contribution is 5.90. The summed E-state index contributed by atoms with van der Waals surface area (Å²) in [4.78, 5) is 65.1. The molecular weight excluding hydrogens is 420 g/mol. The van der Waals surface area contributed by atoms with E-state index in [-0.39, 0.29) is 43.5 Å². The fourth-order valence-corrected chi connectivity index (χ4v) is 3.53. The molecule has 0 aromatic rings. The van der Waals surface area contributed by atoms with Gasteiger partial charge in [-0.25, -0.2) is 4.79 Å². The number of nitrogens with one attached hydrogen (secondary N) is 1. The van der Waals surface area contributed by atoms with Crippen LogP contribution in [0.15, 0.2) is 0 Å². The van der Waals surface area contributed by atoms with E-state index in [1.54, 1.807) is 30.6 Å². The van der Waals surface area contributed by atoms with Gasteiger partial charge < -0.3 is 29.5 Å². The molecule has 2 rings (SSSR count). The first-order valence-corrected chi connectivity index (χ1v) is 10.9. The highest BCUT2D eigenvalue weighted by Crippen LogP contribution is 2.14. The van der Waals surface area contributed by atoms with Gasteiger partial charge in [0, 0.05) is 52.1 Å². The van der Waals surface area contributed by atoms with Gasteiger partial charge in [-0.3, -0.25) is 19.2 Å². The third kappa shape index (κ3) is 7.69. The van der Waals surface area contributed by atoms with Crippen molar-refractivity contribution in [2.24, 2.45) is 0 Å². The first-order chi connectivity index (χ1) is 15.0. The topological polar surface area (TPSA) is 126 Å². The molecule has 11 heteroatoms. The van der Waals surface area contributed by atoms with Crippen molar-refractivity contribution in [1.29, 1.82) is 0 Å². The summed E-state index contributed by atoms with van der Waals surface area (Å²) in [6.45, 7) is 7.65. The first kappa shape index (κ1) is 25.4. The lowest BCUT2D eigenvalue weighted by Crippen LogP contribution is -2.51. The molecule has 0 aromatic carbocycles. The van der Waals surface area contributed by atoms with Crippen LogP contribution < -0.4 is 5.32 Å². The fourth-order valence-electron chi connectivity index (χ4n) is 3.53. The van der Waals surface area contributed by atoms with E-state index < -0.39 is 23.7 Å². The van der Waals surface area contributed by atoms with Gasteiger partial charge in [-0.05, 0) is 27.2 Å². The molecule has 4 amide bonds. The predicted molar refractivity (Wildman–Crippen MR) is 113 cm³/mol. The summed E-state index contributed by atoms with van der Waals surface area (Å²) in [7, 11) is 1.29. The molecule has 1 unspecified atom stereocenters. The van der Waals surface area contributed by atoms with Gasteiger partial charge >= 0.3 is 12.1 Å². The van der Waals surface area contributed by atoms with E-state index in [0.29, 0.717) is 39.1 Å². The van der Waals surface area contributed by atoms with E-state index in [4.69, 9.17) is 4.74 Å². The molecule has 2 aliphatic heterocycles. The van der Waals surface area contributed by atoms with Crippen molar-refractivity contribution in [3.8, 4) is 0 Å². The van der Waals surface area contributed by atoms with E-state index >= 15 is 0 Å². The average molecular weight is 455 g/mol. The Bertz CT molecular complexity index is 726. The van der Waals surface area contributed by atoms with Gasteiger partial charge in [0.25, 0.3) is 0 Å². The molecule has 0 saturated carbocycles. The van der Waals surface area contributed by atoms with Crippen molar-refractivity contribution in [1.82, 2.24) is 20.0 Å². The molecule has 11 nitrogen and oxygen atoms in total. The smallest absolute Gasteiger partial charge is 0.410 e. The number of esters is 1. The van der Waals surface area contributed by atoms with Crippen LogP contribution in [-0.2, 0) is 28.7 Å². The van der Waals surface area contributed by atoms with Gasteiger partial charge in [0.1, 0.15) is 11.6 Å². The maximum Gasteiger partial charge on any atom is 0.410 e. The molecule has 0 aliphatic carbocycles. The largest absolute Gasteiger partial charge is 0.469 e. The molecule has 0 bridgehead atoms. The second-order valence-electron chi connectivity index (χ2n) is 8.91. The highest BCUT2D eigenvalue weighted by atomic mass is 16.6. The van der Waals surface area contributed by atoms with Crippen molar-refractivity contribution in [3.63, 3.8) is 0 Å². The minimum atomic E-state index is -0.632. The Kier molecular flexibility index (Phi) is 8.85. The number of piperazine rings is 1. The average Bonchev–Trinajstić information content (AvgIpc) is 3.08. The fraction of sp³-hybridized carbons (Fsp3) is 0.762. The third-order valence-corrected chi connectivity index (χ3v) is 5.30. The summed E-state index contributed by atoms with van der Waals surface area (Å²) >= 11 is 0. The van der Waals surface area contributed by atoms with E-state index in [9.17, 15) is 24.0 Å². The van der Waals surface area contributed by atoms with Crippen LogP contribution in [0.3, 0.4) is 0 Å². The SMILES string of the molecule is COC(=O)CCN1CCC(NC(=O)CCC(=O)N2CCN(C(=O)OC(C)(C)C)CC2)C1=O. The quantitative estimate of drug-likeness (QED) is 0.542. The molecule has 0 spiro atoms. The molecule has 2 aliphatic rings. The number of rotatable bonds is 7. The summed E-state index contributed by atoms with van der Waals surface area (Å²) in [5, 5.41) is 2.68. The monoisotopic (exact) mass is 454 g/mol. The first-order valence-electron chi connectivity index (χ1n) is 10.9. The van der Waals surface area contributed by atoms with Crippen LogP contribution >= 0.6 is 0 Å². The van der Waals surface area contributed by atoms with Crippen molar-refractivity contribution in [2.45, 2.75) is 58.1 Å². The number of hydrogen-bond acceptors (Lipinski definition) is 7. The van der Waals surface area contributed by atoms with Gasteiger partial charge in [0.2, 0.25) is 17.7 Å². The Morgan fingerprint density at radius 2 is 1.59 bits per heavy atom. The summed E-state index contributed by atoms with van der Waals surface area (Å²) < 4.78 is 9.91. The zero-order valence-corrected chi connectivity index (χ0v) is 19.3. The van der Waals surface area contributed by atoms with E-state index in [1.165, 1.54) is 12.0 Å². The van der Waals surface area contributed by atoms with E-state index in [2.05, 4.69) is 10.1 Å². The third-order valence-electron chi connectivity index (χ3n) is 5.30. The number of hydrogen-bond donors (Lipinski definition) is 1. The van der Waals surface area contributed by atoms with Crippen LogP contribution in [0.25, 0.3) is 0 Å². The molecule has 2 heterocycles. The molecule has 1 N–H and O–H groups in total. The summed E-state index contributed by atoms with van der Waals surface area (Å²) in [5.41, 5.74) is -0.573. The zero-order chi connectivity index (χ0) is 23.9. The van der Waals surface area contributed by atoms with Crippen molar-refractivity contribution in [3.05, 3.63) is 0 Å². The number of methoxy groups -OCH3 is 1. The normalized spacial score (nSPS) is 19.1.